The van der Waals surface area contributed by atoms with Crippen molar-refractivity contribution in [2.45, 2.75) is 19.9 Å². The number of thioether (sulfide) groups is 1. The van der Waals surface area contributed by atoms with E-state index in [0.717, 1.165) is 30.9 Å². The first kappa shape index (κ1) is 16.8. The average molecular weight is 321 g/mol. The summed E-state index contributed by atoms with van der Waals surface area (Å²) in [5.74, 6) is 0.684. The van der Waals surface area contributed by atoms with Crippen molar-refractivity contribution in [2.24, 2.45) is 0 Å². The third-order valence-electron chi connectivity index (χ3n) is 3.62. The lowest BCUT2D eigenvalue weighted by Gasteiger charge is -2.33. The average Bonchev–Trinajstić information content (AvgIpc) is 2.50. The Kier molecular flexibility index (Phi) is 6.27. The number of hydrogen-bond acceptors (Lipinski definition) is 4. The second-order valence-corrected chi connectivity index (χ2v) is 6.53. The number of rotatable bonds is 5. The molecule has 0 aromatic heterocycles. The number of benzene rings is 1. The highest BCUT2D eigenvalue weighted by molar-refractivity contribution is 8.00. The number of hydrogen-bond donors (Lipinski definition) is 2. The molecule has 1 aromatic rings. The molecule has 2 rings (SSSR count). The zero-order valence-electron chi connectivity index (χ0n) is 13.1. The van der Waals surface area contributed by atoms with Gasteiger partial charge in [0.15, 0.2) is 0 Å². The highest BCUT2D eigenvalue weighted by atomic mass is 32.2. The lowest BCUT2D eigenvalue weighted by atomic mass is 10.2. The summed E-state index contributed by atoms with van der Waals surface area (Å²) in [5, 5.41) is 6.10. The number of amides is 2. The summed E-state index contributed by atoms with van der Waals surface area (Å²) in [6, 6.07) is 7.90. The Bertz CT molecular complexity index is 519. The van der Waals surface area contributed by atoms with Crippen LogP contribution in [0.15, 0.2) is 24.3 Å². The Labute approximate surface area is 135 Å². The van der Waals surface area contributed by atoms with E-state index in [1.165, 1.54) is 11.8 Å². The van der Waals surface area contributed by atoms with E-state index >= 15 is 0 Å². The van der Waals surface area contributed by atoms with Gasteiger partial charge in [-0.05, 0) is 26.0 Å². The third-order valence-corrected chi connectivity index (χ3v) is 4.53. The van der Waals surface area contributed by atoms with Gasteiger partial charge in [-0.25, -0.2) is 0 Å². The normalized spacial score (nSPS) is 18.1. The van der Waals surface area contributed by atoms with Gasteiger partial charge < -0.3 is 15.5 Å². The van der Waals surface area contributed by atoms with E-state index in [9.17, 15) is 9.59 Å². The summed E-state index contributed by atoms with van der Waals surface area (Å²) in [7, 11) is 0. The predicted molar refractivity (Wildman–Crippen MR) is 91.2 cm³/mol. The quantitative estimate of drug-likeness (QED) is 0.862. The van der Waals surface area contributed by atoms with Gasteiger partial charge in [0.25, 0.3) is 0 Å². The maximum absolute atomic E-state index is 12.1. The SMILES string of the molecule is Cc1ccc(NC(=O)CSCC(=O)N2CCNC[C@@H]2C)cc1. The largest absolute Gasteiger partial charge is 0.337 e. The van der Waals surface area contributed by atoms with Crippen molar-refractivity contribution in [3.63, 3.8) is 0 Å². The second-order valence-electron chi connectivity index (χ2n) is 5.55. The van der Waals surface area contributed by atoms with Crippen LogP contribution in [0.25, 0.3) is 0 Å². The number of nitrogens with one attached hydrogen (secondary N) is 2. The number of carbonyl (C=O) groups excluding carboxylic acids is 2. The molecule has 22 heavy (non-hydrogen) atoms. The van der Waals surface area contributed by atoms with Crippen molar-refractivity contribution in [1.82, 2.24) is 10.2 Å². The number of carbonyl (C=O) groups is 2. The zero-order chi connectivity index (χ0) is 15.9. The Morgan fingerprint density at radius 2 is 2.05 bits per heavy atom. The standard InChI is InChI=1S/C16H23N3O2S/c1-12-3-5-14(6-4-12)18-15(20)10-22-11-16(21)19-8-7-17-9-13(19)2/h3-6,13,17H,7-11H2,1-2H3,(H,18,20)/t13-/m0/s1. The Morgan fingerprint density at radius 1 is 1.32 bits per heavy atom. The van der Waals surface area contributed by atoms with Crippen LogP contribution in [0.2, 0.25) is 0 Å². The lowest BCUT2D eigenvalue weighted by Crippen LogP contribution is -2.52. The lowest BCUT2D eigenvalue weighted by molar-refractivity contribution is -0.131. The van der Waals surface area contributed by atoms with Crippen molar-refractivity contribution in [2.75, 3.05) is 36.5 Å². The summed E-state index contributed by atoms with van der Waals surface area (Å²) >= 11 is 1.36. The fourth-order valence-electron chi connectivity index (χ4n) is 2.36. The van der Waals surface area contributed by atoms with Gasteiger partial charge in [-0.3, -0.25) is 9.59 Å². The minimum atomic E-state index is -0.0741. The maximum atomic E-state index is 12.1. The van der Waals surface area contributed by atoms with Crippen molar-refractivity contribution in [3.05, 3.63) is 29.8 Å². The van der Waals surface area contributed by atoms with Crippen LogP contribution in [0.4, 0.5) is 5.69 Å². The van der Waals surface area contributed by atoms with Crippen molar-refractivity contribution >= 4 is 29.3 Å². The van der Waals surface area contributed by atoms with Crippen LogP contribution in [0.5, 0.6) is 0 Å². The van der Waals surface area contributed by atoms with Crippen LogP contribution in [-0.2, 0) is 9.59 Å². The molecular weight excluding hydrogens is 298 g/mol. The van der Waals surface area contributed by atoms with E-state index < -0.39 is 0 Å². The number of aryl methyl sites for hydroxylation is 1. The maximum Gasteiger partial charge on any atom is 0.234 e. The highest BCUT2D eigenvalue weighted by Crippen LogP contribution is 2.11. The second kappa shape index (κ2) is 8.19. The number of nitrogens with zero attached hydrogens (tertiary/aromatic N) is 1. The summed E-state index contributed by atoms with van der Waals surface area (Å²) in [6.07, 6.45) is 0. The molecule has 1 saturated heterocycles. The Hall–Kier alpha value is -1.53. The molecule has 1 atom stereocenters. The fraction of sp³-hybridized carbons (Fsp3) is 0.500. The van der Waals surface area contributed by atoms with Gasteiger partial charge in [0.05, 0.1) is 11.5 Å². The Morgan fingerprint density at radius 3 is 2.73 bits per heavy atom. The van der Waals surface area contributed by atoms with Crippen LogP contribution in [0, 0.1) is 6.92 Å². The van der Waals surface area contributed by atoms with E-state index in [-0.39, 0.29) is 17.9 Å². The number of anilines is 1. The van der Waals surface area contributed by atoms with E-state index in [1.54, 1.807) is 0 Å². The highest BCUT2D eigenvalue weighted by Gasteiger charge is 2.22. The van der Waals surface area contributed by atoms with Crippen LogP contribution < -0.4 is 10.6 Å². The smallest absolute Gasteiger partial charge is 0.234 e. The topological polar surface area (TPSA) is 61.4 Å². The predicted octanol–water partition coefficient (Wildman–Crippen LogP) is 1.49. The minimum Gasteiger partial charge on any atom is -0.337 e. The van der Waals surface area contributed by atoms with Gasteiger partial charge in [0, 0.05) is 31.4 Å². The van der Waals surface area contributed by atoms with Gasteiger partial charge in [-0.15, -0.1) is 11.8 Å². The van der Waals surface area contributed by atoms with Crippen LogP contribution in [-0.4, -0.2) is 53.9 Å². The molecule has 6 heteroatoms. The molecule has 0 unspecified atom stereocenters. The number of piperazine rings is 1. The van der Waals surface area contributed by atoms with Crippen LogP contribution in [0.1, 0.15) is 12.5 Å². The fourth-order valence-corrected chi connectivity index (χ4v) is 3.06. The van der Waals surface area contributed by atoms with Crippen molar-refractivity contribution in [1.29, 1.82) is 0 Å². The molecule has 0 bridgehead atoms. The summed E-state index contributed by atoms with van der Waals surface area (Å²) < 4.78 is 0. The molecule has 120 valence electrons. The summed E-state index contributed by atoms with van der Waals surface area (Å²) in [4.78, 5) is 25.9. The van der Waals surface area contributed by atoms with Crippen LogP contribution in [0.3, 0.4) is 0 Å². The van der Waals surface area contributed by atoms with Crippen LogP contribution >= 0.6 is 11.8 Å². The molecule has 0 saturated carbocycles. The van der Waals surface area contributed by atoms with E-state index in [4.69, 9.17) is 0 Å². The molecule has 2 N–H and O–H groups in total. The summed E-state index contributed by atoms with van der Waals surface area (Å²) in [6.45, 7) is 6.47. The molecule has 2 amide bonds. The minimum absolute atomic E-state index is 0.0741. The third kappa shape index (κ3) is 5.03. The molecule has 1 aliphatic rings. The molecule has 1 aliphatic heterocycles. The first-order valence-corrected chi connectivity index (χ1v) is 8.66. The molecule has 0 radical (unpaired) electrons. The van der Waals surface area contributed by atoms with Gasteiger partial charge in [-0.1, -0.05) is 17.7 Å². The van der Waals surface area contributed by atoms with Gasteiger partial charge in [0.2, 0.25) is 11.8 Å². The van der Waals surface area contributed by atoms with Gasteiger partial charge >= 0.3 is 0 Å². The first-order valence-electron chi connectivity index (χ1n) is 7.50. The van der Waals surface area contributed by atoms with Crippen molar-refractivity contribution in [3.8, 4) is 0 Å². The molecule has 1 fully saturated rings. The zero-order valence-corrected chi connectivity index (χ0v) is 13.9. The molecule has 0 aliphatic carbocycles. The monoisotopic (exact) mass is 321 g/mol. The molecule has 5 nitrogen and oxygen atoms in total. The summed E-state index contributed by atoms with van der Waals surface area (Å²) in [5.41, 5.74) is 1.95. The molecule has 0 spiro atoms. The molecular formula is C16H23N3O2S. The van der Waals surface area contributed by atoms with E-state index in [2.05, 4.69) is 10.6 Å². The Balaban J connectivity index is 1.70. The molecule has 1 heterocycles. The van der Waals surface area contributed by atoms with Gasteiger partial charge in [0.1, 0.15) is 0 Å². The van der Waals surface area contributed by atoms with E-state index in [1.807, 2.05) is 43.0 Å². The van der Waals surface area contributed by atoms with Crippen molar-refractivity contribution < 1.29 is 9.59 Å². The first-order chi connectivity index (χ1) is 10.6. The van der Waals surface area contributed by atoms with E-state index in [0.29, 0.717) is 11.5 Å². The van der Waals surface area contributed by atoms with Gasteiger partial charge in [-0.2, -0.15) is 0 Å². The molecule has 1 aromatic carbocycles.